The molecule has 1 aromatic heterocycles. The fourth-order valence-electron chi connectivity index (χ4n) is 3.86. The van der Waals surface area contributed by atoms with Gasteiger partial charge in [-0.25, -0.2) is 0 Å². The minimum absolute atomic E-state index is 0.0750. The summed E-state index contributed by atoms with van der Waals surface area (Å²) in [6.07, 6.45) is 3.80. The van der Waals surface area contributed by atoms with Gasteiger partial charge in [0.1, 0.15) is 13.2 Å². The minimum Gasteiger partial charge on any atom is -0.486 e. The third kappa shape index (κ3) is 4.96. The quantitative estimate of drug-likeness (QED) is 0.556. The number of aromatic nitrogens is 1. The molecule has 1 N–H and O–H groups in total. The molecule has 8 heteroatoms. The fraction of sp³-hybridized carbons (Fsp3) is 0.240. The monoisotopic (exact) mass is 461 g/mol. The van der Waals surface area contributed by atoms with Gasteiger partial charge in [0, 0.05) is 53.4 Å². The molecule has 7 nitrogen and oxygen atoms in total. The van der Waals surface area contributed by atoms with Crippen LogP contribution in [0.3, 0.4) is 0 Å². The summed E-state index contributed by atoms with van der Waals surface area (Å²) in [6.45, 7) is 1.33. The van der Waals surface area contributed by atoms with Crippen molar-refractivity contribution in [2.45, 2.75) is 17.1 Å². The second kappa shape index (κ2) is 9.54. The van der Waals surface area contributed by atoms with E-state index < -0.39 is 5.92 Å². The molecular weight excluding hydrogens is 438 g/mol. The number of anilines is 2. The zero-order chi connectivity index (χ0) is 22.6. The Labute approximate surface area is 196 Å². The first-order chi connectivity index (χ1) is 16.2. The Morgan fingerprint density at radius 3 is 2.70 bits per heavy atom. The molecule has 0 bridgehead atoms. The van der Waals surface area contributed by atoms with Gasteiger partial charge >= 0.3 is 0 Å². The van der Waals surface area contributed by atoms with E-state index in [2.05, 4.69) is 10.3 Å². The first kappa shape index (κ1) is 21.3. The third-order valence-corrected chi connectivity index (χ3v) is 6.67. The number of hydrogen-bond acceptors (Lipinski definition) is 6. The maximum absolute atomic E-state index is 12.8. The van der Waals surface area contributed by atoms with Crippen molar-refractivity contribution in [3.63, 3.8) is 0 Å². The number of ether oxygens (including phenoxy) is 2. The van der Waals surface area contributed by atoms with Crippen LogP contribution in [0.15, 0.2) is 71.9 Å². The maximum atomic E-state index is 12.8. The summed E-state index contributed by atoms with van der Waals surface area (Å²) in [4.78, 5) is 32.3. The predicted octanol–water partition coefficient (Wildman–Crippen LogP) is 4.14. The lowest BCUT2D eigenvalue weighted by molar-refractivity contribution is -0.122. The number of hydrogen-bond donors (Lipinski definition) is 1. The Kier molecular flexibility index (Phi) is 6.17. The number of benzene rings is 2. The van der Waals surface area contributed by atoms with Crippen molar-refractivity contribution in [3.8, 4) is 11.5 Å². The van der Waals surface area contributed by atoms with Gasteiger partial charge in [-0.2, -0.15) is 0 Å². The summed E-state index contributed by atoms with van der Waals surface area (Å²) in [5, 5.41) is 2.95. The van der Waals surface area contributed by atoms with Crippen LogP contribution in [0.4, 0.5) is 11.4 Å². The smallest absolute Gasteiger partial charge is 0.229 e. The van der Waals surface area contributed by atoms with Crippen LogP contribution in [0.1, 0.15) is 12.0 Å². The molecule has 1 fully saturated rings. The largest absolute Gasteiger partial charge is 0.486 e. The van der Waals surface area contributed by atoms with Gasteiger partial charge in [0.15, 0.2) is 11.5 Å². The molecule has 2 aliphatic heterocycles. The second-order valence-corrected chi connectivity index (χ2v) is 8.95. The lowest BCUT2D eigenvalue weighted by Crippen LogP contribution is -2.28. The summed E-state index contributed by atoms with van der Waals surface area (Å²) in [7, 11) is 0. The average molecular weight is 462 g/mol. The van der Waals surface area contributed by atoms with E-state index in [1.165, 1.54) is 0 Å². The van der Waals surface area contributed by atoms with Crippen LogP contribution in [0.25, 0.3) is 0 Å². The highest BCUT2D eigenvalue weighted by molar-refractivity contribution is 7.98. The Morgan fingerprint density at radius 2 is 1.91 bits per heavy atom. The molecule has 2 aliphatic rings. The van der Waals surface area contributed by atoms with Crippen molar-refractivity contribution in [2.24, 2.45) is 5.92 Å². The standard InChI is InChI=1S/C25H23N3O4S/c29-24-12-18(15-28(24)20-5-8-22-23(13-20)32-11-10-31-22)25(30)27-19-3-6-21(7-4-19)33-16-17-2-1-9-26-14-17/h1-9,13-14,18H,10-12,15-16H2,(H,27,30). The summed E-state index contributed by atoms with van der Waals surface area (Å²) in [6, 6.07) is 17.1. The van der Waals surface area contributed by atoms with E-state index in [1.54, 1.807) is 35.0 Å². The molecule has 5 rings (SSSR count). The number of carbonyl (C=O) groups is 2. The second-order valence-electron chi connectivity index (χ2n) is 7.90. The van der Waals surface area contributed by atoms with Crippen LogP contribution >= 0.6 is 11.8 Å². The zero-order valence-corrected chi connectivity index (χ0v) is 18.7. The Morgan fingerprint density at radius 1 is 1.09 bits per heavy atom. The van der Waals surface area contributed by atoms with Crippen LogP contribution in [0, 0.1) is 5.92 Å². The first-order valence-electron chi connectivity index (χ1n) is 10.8. The van der Waals surface area contributed by atoms with Gasteiger partial charge in [-0.05, 0) is 48.0 Å². The van der Waals surface area contributed by atoms with Gasteiger partial charge in [0.25, 0.3) is 0 Å². The van der Waals surface area contributed by atoms with E-state index >= 15 is 0 Å². The molecule has 2 aromatic carbocycles. The minimum atomic E-state index is -0.412. The Balaban J connectivity index is 1.18. The van der Waals surface area contributed by atoms with Gasteiger partial charge < -0.3 is 19.7 Å². The molecule has 1 atom stereocenters. The lowest BCUT2D eigenvalue weighted by atomic mass is 10.1. The third-order valence-electron chi connectivity index (χ3n) is 5.58. The van der Waals surface area contributed by atoms with Crippen LogP contribution in [0.2, 0.25) is 0 Å². The molecule has 3 heterocycles. The number of pyridine rings is 1. The van der Waals surface area contributed by atoms with Gasteiger partial charge in [-0.15, -0.1) is 11.8 Å². The zero-order valence-electron chi connectivity index (χ0n) is 17.9. The highest BCUT2D eigenvalue weighted by atomic mass is 32.2. The van der Waals surface area contributed by atoms with E-state index in [4.69, 9.17) is 9.47 Å². The summed E-state index contributed by atoms with van der Waals surface area (Å²) in [5.74, 6) is 1.49. The van der Waals surface area contributed by atoms with Gasteiger partial charge in [-0.3, -0.25) is 14.6 Å². The molecule has 0 spiro atoms. The van der Waals surface area contributed by atoms with E-state index in [0.717, 1.165) is 27.6 Å². The molecule has 2 amide bonds. The molecule has 0 aliphatic carbocycles. The molecule has 1 saturated heterocycles. The van der Waals surface area contributed by atoms with Crippen molar-refractivity contribution in [3.05, 3.63) is 72.6 Å². The number of nitrogens with zero attached hydrogens (tertiary/aromatic N) is 2. The maximum Gasteiger partial charge on any atom is 0.229 e. The number of carbonyl (C=O) groups excluding carboxylic acids is 2. The van der Waals surface area contributed by atoms with Crippen LogP contribution in [0.5, 0.6) is 11.5 Å². The van der Waals surface area contributed by atoms with Crippen LogP contribution < -0.4 is 19.7 Å². The highest BCUT2D eigenvalue weighted by Gasteiger charge is 2.35. The summed E-state index contributed by atoms with van der Waals surface area (Å²) >= 11 is 1.71. The fourth-order valence-corrected chi connectivity index (χ4v) is 4.69. The normalized spacial score (nSPS) is 17.2. The predicted molar refractivity (Wildman–Crippen MR) is 127 cm³/mol. The molecule has 1 unspecified atom stereocenters. The number of thioether (sulfide) groups is 1. The van der Waals surface area contributed by atoms with E-state index in [-0.39, 0.29) is 18.2 Å². The SMILES string of the molecule is O=C(Nc1ccc(SCc2cccnc2)cc1)C1CC(=O)N(c2ccc3c(c2)OCCO3)C1. The van der Waals surface area contributed by atoms with Crippen LogP contribution in [-0.4, -0.2) is 36.6 Å². The molecule has 33 heavy (non-hydrogen) atoms. The number of nitrogens with one attached hydrogen (secondary N) is 1. The average Bonchev–Trinajstić information content (AvgIpc) is 3.26. The van der Waals surface area contributed by atoms with Crippen molar-refractivity contribution in [2.75, 3.05) is 30.0 Å². The van der Waals surface area contributed by atoms with Crippen molar-refractivity contribution in [1.82, 2.24) is 4.98 Å². The summed E-state index contributed by atoms with van der Waals surface area (Å²) in [5.41, 5.74) is 2.60. The molecule has 3 aromatic rings. The number of amides is 2. The highest BCUT2D eigenvalue weighted by Crippen LogP contribution is 2.36. The van der Waals surface area contributed by atoms with E-state index in [1.807, 2.05) is 48.7 Å². The Hall–Kier alpha value is -3.52. The van der Waals surface area contributed by atoms with E-state index in [0.29, 0.717) is 31.3 Å². The lowest BCUT2D eigenvalue weighted by Gasteiger charge is -2.22. The van der Waals surface area contributed by atoms with Crippen LogP contribution in [-0.2, 0) is 15.3 Å². The van der Waals surface area contributed by atoms with Crippen molar-refractivity contribution in [1.29, 1.82) is 0 Å². The molecule has 168 valence electrons. The van der Waals surface area contributed by atoms with Gasteiger partial charge in [0.2, 0.25) is 11.8 Å². The molecule has 0 radical (unpaired) electrons. The molecular formula is C25H23N3O4S. The van der Waals surface area contributed by atoms with Gasteiger partial charge in [0.05, 0.1) is 5.92 Å². The first-order valence-corrected chi connectivity index (χ1v) is 11.8. The Bertz CT molecular complexity index is 1150. The molecule has 0 saturated carbocycles. The van der Waals surface area contributed by atoms with Crippen molar-refractivity contribution >= 4 is 35.0 Å². The summed E-state index contributed by atoms with van der Waals surface area (Å²) < 4.78 is 11.2. The number of fused-ring (bicyclic) bond motifs is 1. The van der Waals surface area contributed by atoms with Crippen molar-refractivity contribution < 1.29 is 19.1 Å². The van der Waals surface area contributed by atoms with Gasteiger partial charge in [-0.1, -0.05) is 6.07 Å². The number of rotatable bonds is 6. The van der Waals surface area contributed by atoms with E-state index in [9.17, 15) is 9.59 Å². The topological polar surface area (TPSA) is 80.8 Å².